The number of halogens is 4. The molecule has 0 bridgehead atoms. The predicted octanol–water partition coefficient (Wildman–Crippen LogP) is 6.34. The summed E-state index contributed by atoms with van der Waals surface area (Å²) in [6.45, 7) is 7.52. The zero-order chi connectivity index (χ0) is 24.2. The highest BCUT2D eigenvalue weighted by molar-refractivity contribution is 7.90. The Morgan fingerprint density at radius 1 is 0.941 bits per heavy atom. The minimum atomic E-state index is -4.52. The largest absolute Gasteiger partial charge is 0.416 e. The van der Waals surface area contributed by atoms with Crippen molar-refractivity contribution in [3.8, 4) is 0 Å². The molecule has 4 nitrogen and oxygen atoms in total. The normalized spacial score (nSPS) is 15.8. The molecule has 3 aromatic rings. The van der Waals surface area contributed by atoms with Crippen LogP contribution < -0.4 is 0 Å². The van der Waals surface area contributed by atoms with Gasteiger partial charge in [-0.15, -0.1) is 12.4 Å². The van der Waals surface area contributed by atoms with Crippen molar-refractivity contribution in [2.75, 3.05) is 20.1 Å². The summed E-state index contributed by atoms with van der Waals surface area (Å²) in [5.74, 6) is 0. The maximum atomic E-state index is 13.6. The average molecular weight is 513 g/mol. The van der Waals surface area contributed by atoms with Crippen molar-refractivity contribution in [1.29, 1.82) is 0 Å². The summed E-state index contributed by atoms with van der Waals surface area (Å²) in [6.07, 6.45) is -0.467. The highest BCUT2D eigenvalue weighted by Gasteiger charge is 2.32. The van der Waals surface area contributed by atoms with Gasteiger partial charge in [-0.05, 0) is 60.4 Å². The molecule has 0 fully saturated rings. The van der Waals surface area contributed by atoms with E-state index < -0.39 is 21.8 Å². The van der Waals surface area contributed by atoms with Crippen molar-refractivity contribution >= 4 is 38.9 Å². The molecular formula is C25H28ClF3N2O2S. The Kier molecular flexibility index (Phi) is 7.01. The second-order valence-corrected chi connectivity index (χ2v) is 11.4. The summed E-state index contributed by atoms with van der Waals surface area (Å²) in [7, 11) is -2.04. The molecule has 1 aliphatic rings. The Hall–Kier alpha value is -2.29. The number of aromatic nitrogens is 1. The molecular weight excluding hydrogens is 485 g/mol. The molecule has 1 aliphatic heterocycles. The van der Waals surface area contributed by atoms with Crippen LogP contribution in [-0.2, 0) is 21.6 Å². The Bertz CT molecular complexity index is 1340. The number of fused-ring (bicyclic) bond motifs is 1. The summed E-state index contributed by atoms with van der Waals surface area (Å²) in [5.41, 5.74) is 1.68. The highest BCUT2D eigenvalue weighted by Crippen LogP contribution is 2.37. The van der Waals surface area contributed by atoms with Crippen molar-refractivity contribution in [1.82, 2.24) is 8.87 Å². The van der Waals surface area contributed by atoms with Gasteiger partial charge in [0.2, 0.25) is 0 Å². The van der Waals surface area contributed by atoms with Gasteiger partial charge in [0, 0.05) is 30.2 Å². The third-order valence-electron chi connectivity index (χ3n) is 6.13. The van der Waals surface area contributed by atoms with E-state index in [4.69, 9.17) is 0 Å². The van der Waals surface area contributed by atoms with E-state index in [0.29, 0.717) is 18.5 Å². The second-order valence-electron chi connectivity index (χ2n) is 9.59. The maximum absolute atomic E-state index is 13.6. The Morgan fingerprint density at radius 3 is 2.09 bits per heavy atom. The van der Waals surface area contributed by atoms with E-state index in [2.05, 4.69) is 4.90 Å². The van der Waals surface area contributed by atoms with Crippen LogP contribution in [0.5, 0.6) is 0 Å². The van der Waals surface area contributed by atoms with Crippen LogP contribution in [0.25, 0.3) is 16.5 Å². The Balaban J connectivity index is 0.00000324. The SMILES string of the molecule is CN1CC=C(c2cn(S(=O)(=O)c3ccc(C(C)(C)C)cc3)c3ccc(C(F)(F)F)cc23)CC1.Cl. The van der Waals surface area contributed by atoms with Gasteiger partial charge >= 0.3 is 6.18 Å². The molecule has 0 spiro atoms. The highest BCUT2D eigenvalue weighted by atomic mass is 35.5. The first-order valence-corrected chi connectivity index (χ1v) is 12.2. The molecule has 0 unspecified atom stereocenters. The summed E-state index contributed by atoms with van der Waals surface area (Å²) in [6, 6.07) is 9.91. The summed E-state index contributed by atoms with van der Waals surface area (Å²) < 4.78 is 68.5. The molecule has 0 saturated carbocycles. The van der Waals surface area contributed by atoms with Gasteiger partial charge in [0.15, 0.2) is 0 Å². The predicted molar refractivity (Wildman–Crippen MR) is 132 cm³/mol. The van der Waals surface area contributed by atoms with Gasteiger partial charge in [-0.3, -0.25) is 0 Å². The van der Waals surface area contributed by atoms with Gasteiger partial charge in [0.25, 0.3) is 10.0 Å². The lowest BCUT2D eigenvalue weighted by atomic mass is 9.87. The lowest BCUT2D eigenvalue weighted by molar-refractivity contribution is -0.137. The van der Waals surface area contributed by atoms with E-state index in [1.54, 1.807) is 24.3 Å². The molecule has 184 valence electrons. The smallest absolute Gasteiger partial charge is 0.302 e. The summed E-state index contributed by atoms with van der Waals surface area (Å²) in [5, 5.41) is 0.288. The zero-order valence-electron chi connectivity index (χ0n) is 19.5. The molecule has 0 aliphatic carbocycles. The lowest BCUT2D eigenvalue weighted by Gasteiger charge is -2.21. The minimum Gasteiger partial charge on any atom is -0.302 e. The molecule has 9 heteroatoms. The van der Waals surface area contributed by atoms with E-state index in [0.717, 1.165) is 33.8 Å². The first kappa shape index (κ1) is 26.3. The van der Waals surface area contributed by atoms with Crippen molar-refractivity contribution in [3.63, 3.8) is 0 Å². The second kappa shape index (κ2) is 9.06. The number of hydrogen-bond acceptors (Lipinski definition) is 3. The van der Waals surface area contributed by atoms with Crippen LogP contribution in [0.2, 0.25) is 0 Å². The molecule has 2 heterocycles. The van der Waals surface area contributed by atoms with E-state index >= 15 is 0 Å². The van der Waals surface area contributed by atoms with Crippen molar-refractivity contribution in [2.45, 2.75) is 43.7 Å². The van der Waals surface area contributed by atoms with E-state index in [-0.39, 0.29) is 33.6 Å². The minimum absolute atomic E-state index is 0. The first-order valence-electron chi connectivity index (χ1n) is 10.7. The van der Waals surface area contributed by atoms with Gasteiger partial charge in [-0.1, -0.05) is 39.0 Å². The standard InChI is InChI=1S/C25H27F3N2O2S.ClH/c1-24(2,3)18-5-8-20(9-6-18)33(31,32)30-16-22(17-11-13-29(4)14-12-17)21-15-19(25(26,27)28)7-10-23(21)30;/h5-11,15-16H,12-14H2,1-4H3;1H. The van der Waals surface area contributed by atoms with Gasteiger partial charge in [0.05, 0.1) is 16.0 Å². The monoisotopic (exact) mass is 512 g/mol. The number of hydrogen-bond donors (Lipinski definition) is 0. The van der Waals surface area contributed by atoms with E-state index in [9.17, 15) is 21.6 Å². The van der Waals surface area contributed by atoms with Gasteiger partial charge < -0.3 is 4.90 Å². The topological polar surface area (TPSA) is 42.3 Å². The van der Waals surface area contributed by atoms with Crippen LogP contribution in [0, 0.1) is 0 Å². The number of benzene rings is 2. The van der Waals surface area contributed by atoms with Crippen LogP contribution in [0.1, 0.15) is 43.9 Å². The third kappa shape index (κ3) is 4.90. The molecule has 34 heavy (non-hydrogen) atoms. The number of alkyl halides is 3. The Labute approximate surface area is 204 Å². The number of rotatable bonds is 3. The fourth-order valence-electron chi connectivity index (χ4n) is 4.09. The maximum Gasteiger partial charge on any atom is 0.416 e. The van der Waals surface area contributed by atoms with Crippen LogP contribution >= 0.6 is 12.4 Å². The molecule has 2 aromatic carbocycles. The van der Waals surface area contributed by atoms with Crippen molar-refractivity contribution in [3.05, 3.63) is 71.4 Å². The lowest BCUT2D eigenvalue weighted by Crippen LogP contribution is -2.23. The summed E-state index contributed by atoms with van der Waals surface area (Å²) >= 11 is 0. The third-order valence-corrected chi connectivity index (χ3v) is 7.82. The zero-order valence-corrected chi connectivity index (χ0v) is 21.1. The fraction of sp³-hybridized carbons (Fsp3) is 0.360. The van der Waals surface area contributed by atoms with Crippen molar-refractivity contribution < 1.29 is 21.6 Å². The molecule has 0 amide bonds. The number of nitrogens with zero attached hydrogens (tertiary/aromatic N) is 2. The van der Waals surface area contributed by atoms with E-state index in [1.807, 2.05) is 33.9 Å². The van der Waals surface area contributed by atoms with Gasteiger partial charge in [0.1, 0.15) is 0 Å². The molecule has 0 saturated heterocycles. The quantitative estimate of drug-likeness (QED) is 0.411. The fourth-order valence-corrected chi connectivity index (χ4v) is 5.46. The number of likely N-dealkylation sites (N-methyl/N-ethyl adjacent to an activating group) is 1. The molecule has 0 radical (unpaired) electrons. The Morgan fingerprint density at radius 2 is 1.56 bits per heavy atom. The molecule has 4 rings (SSSR count). The molecule has 1 aromatic heterocycles. The van der Waals surface area contributed by atoms with Gasteiger partial charge in [-0.25, -0.2) is 12.4 Å². The first-order chi connectivity index (χ1) is 15.3. The van der Waals surface area contributed by atoms with Crippen LogP contribution in [-0.4, -0.2) is 37.4 Å². The van der Waals surface area contributed by atoms with Crippen LogP contribution in [0.4, 0.5) is 13.2 Å². The molecule has 0 atom stereocenters. The average Bonchev–Trinajstić information content (AvgIpc) is 3.13. The van der Waals surface area contributed by atoms with Crippen LogP contribution in [0.3, 0.4) is 0 Å². The van der Waals surface area contributed by atoms with Crippen LogP contribution in [0.15, 0.2) is 59.6 Å². The van der Waals surface area contributed by atoms with E-state index in [1.165, 1.54) is 12.3 Å². The van der Waals surface area contributed by atoms with Gasteiger partial charge in [-0.2, -0.15) is 13.2 Å². The van der Waals surface area contributed by atoms with Crippen molar-refractivity contribution in [2.24, 2.45) is 0 Å². The summed E-state index contributed by atoms with van der Waals surface area (Å²) in [4.78, 5) is 2.19. The molecule has 0 N–H and O–H groups in total.